The molecule has 0 spiro atoms. The van der Waals surface area contributed by atoms with Crippen LogP contribution in [0.2, 0.25) is 0 Å². The van der Waals surface area contributed by atoms with Crippen molar-refractivity contribution in [2.75, 3.05) is 6.61 Å². The van der Waals surface area contributed by atoms with E-state index in [1.54, 1.807) is 0 Å². The predicted octanol–water partition coefficient (Wildman–Crippen LogP) is 3.59. The average molecular weight is 325 g/mol. The molecule has 0 fully saturated rings. The van der Waals surface area contributed by atoms with Crippen LogP contribution in [0.3, 0.4) is 0 Å². The highest BCUT2D eigenvalue weighted by Crippen LogP contribution is 2.29. The molecule has 0 amide bonds. The number of fused-ring (bicyclic) bond motifs is 1. The second kappa shape index (κ2) is 6.51. The van der Waals surface area contributed by atoms with Gasteiger partial charge in [0.05, 0.1) is 17.7 Å². The molecule has 1 N–H and O–H groups in total. The molecule has 0 atom stereocenters. The summed E-state index contributed by atoms with van der Waals surface area (Å²) in [6.07, 6.45) is 1.92. The Morgan fingerprint density at radius 1 is 1.25 bits per heavy atom. The summed E-state index contributed by atoms with van der Waals surface area (Å²) in [6.45, 7) is 6.68. The Balaban J connectivity index is 2.29. The molecule has 24 heavy (non-hydrogen) atoms. The van der Waals surface area contributed by atoms with Crippen molar-refractivity contribution in [2.45, 2.75) is 33.6 Å². The summed E-state index contributed by atoms with van der Waals surface area (Å²) in [5.41, 5.74) is 4.36. The summed E-state index contributed by atoms with van der Waals surface area (Å²) in [6, 6.07) is 7.65. The average Bonchev–Trinajstić information content (AvgIpc) is 2.81. The first-order valence-corrected chi connectivity index (χ1v) is 8.38. The van der Waals surface area contributed by atoms with Crippen LogP contribution in [0.4, 0.5) is 0 Å². The van der Waals surface area contributed by atoms with Crippen molar-refractivity contribution in [3.8, 4) is 17.1 Å². The summed E-state index contributed by atoms with van der Waals surface area (Å²) in [4.78, 5) is 20.4. The maximum Gasteiger partial charge on any atom is 0.275 e. The number of aryl methyl sites for hydroxylation is 2. The van der Waals surface area contributed by atoms with Gasteiger partial charge in [-0.05, 0) is 38.0 Å². The second-order valence-electron chi connectivity index (χ2n) is 5.91. The van der Waals surface area contributed by atoms with Crippen molar-refractivity contribution < 1.29 is 4.74 Å². The molecule has 126 valence electrons. The molecule has 5 nitrogen and oxygen atoms in total. The Kier molecular flexibility index (Phi) is 4.42. The van der Waals surface area contributed by atoms with E-state index in [2.05, 4.69) is 11.9 Å². The van der Waals surface area contributed by atoms with Crippen LogP contribution in [0.1, 0.15) is 31.5 Å². The molecular formula is C19H23N3O2. The fraction of sp³-hybridized carbons (Fsp3) is 0.368. The lowest BCUT2D eigenvalue weighted by Gasteiger charge is -2.09. The van der Waals surface area contributed by atoms with Gasteiger partial charge in [-0.1, -0.05) is 25.5 Å². The lowest BCUT2D eigenvalue weighted by molar-refractivity contribution is 0.341. The maximum atomic E-state index is 12.7. The van der Waals surface area contributed by atoms with Crippen LogP contribution in [-0.4, -0.2) is 21.1 Å². The van der Waals surface area contributed by atoms with Crippen molar-refractivity contribution in [1.29, 1.82) is 0 Å². The van der Waals surface area contributed by atoms with Gasteiger partial charge in [0.25, 0.3) is 5.56 Å². The van der Waals surface area contributed by atoms with Crippen LogP contribution in [0.25, 0.3) is 22.4 Å². The highest BCUT2D eigenvalue weighted by atomic mass is 16.5. The van der Waals surface area contributed by atoms with Gasteiger partial charge in [0.1, 0.15) is 17.1 Å². The zero-order valence-corrected chi connectivity index (χ0v) is 14.6. The van der Waals surface area contributed by atoms with Crippen molar-refractivity contribution in [3.05, 3.63) is 45.9 Å². The smallest absolute Gasteiger partial charge is 0.275 e. The molecule has 0 aliphatic heterocycles. The molecule has 3 aromatic rings. The molecule has 0 aliphatic carbocycles. The first-order valence-electron chi connectivity index (χ1n) is 8.38. The van der Waals surface area contributed by atoms with E-state index in [1.807, 2.05) is 49.7 Å². The van der Waals surface area contributed by atoms with Gasteiger partial charge in [-0.2, -0.15) is 0 Å². The highest BCUT2D eigenvalue weighted by Gasteiger charge is 2.18. The molecule has 3 rings (SSSR count). The minimum absolute atomic E-state index is 0.116. The second-order valence-corrected chi connectivity index (χ2v) is 5.91. The Morgan fingerprint density at radius 2 is 2.00 bits per heavy atom. The Hall–Kier alpha value is -2.56. The number of benzene rings is 1. The number of rotatable bonds is 5. The normalized spacial score (nSPS) is 11.2. The largest absolute Gasteiger partial charge is 0.493 e. The summed E-state index contributed by atoms with van der Waals surface area (Å²) in [5.74, 6) is 1.28. The van der Waals surface area contributed by atoms with Crippen LogP contribution in [0, 0.1) is 6.92 Å². The van der Waals surface area contributed by atoms with E-state index in [9.17, 15) is 4.79 Å². The molecule has 0 bridgehead atoms. The molecule has 0 saturated heterocycles. The monoisotopic (exact) mass is 325 g/mol. The van der Waals surface area contributed by atoms with Gasteiger partial charge in [-0.25, -0.2) is 4.98 Å². The van der Waals surface area contributed by atoms with Crippen molar-refractivity contribution >= 4 is 11.0 Å². The lowest BCUT2D eigenvalue weighted by Crippen LogP contribution is -2.12. The first-order chi connectivity index (χ1) is 11.6. The number of nitrogens with zero attached hydrogens (tertiary/aromatic N) is 2. The van der Waals surface area contributed by atoms with E-state index in [-0.39, 0.29) is 5.56 Å². The summed E-state index contributed by atoms with van der Waals surface area (Å²) < 4.78 is 7.62. The van der Waals surface area contributed by atoms with Gasteiger partial charge in [0.15, 0.2) is 0 Å². The van der Waals surface area contributed by atoms with Gasteiger partial charge in [0, 0.05) is 12.7 Å². The molecule has 0 aliphatic rings. The van der Waals surface area contributed by atoms with Gasteiger partial charge >= 0.3 is 0 Å². The number of aromatic amines is 1. The van der Waals surface area contributed by atoms with E-state index in [0.717, 1.165) is 40.9 Å². The van der Waals surface area contributed by atoms with Crippen LogP contribution >= 0.6 is 0 Å². The standard InChI is InChI=1S/C19H23N3O2/c1-5-9-13-12(3)22(4)17-16(13)20-18(21-19(17)23)14-10-7-8-11-15(14)24-6-2/h7-8,10-11H,5-6,9H2,1-4H3,(H,20,21,23). The number of ether oxygens (including phenoxy) is 1. The van der Waals surface area contributed by atoms with E-state index < -0.39 is 0 Å². The van der Waals surface area contributed by atoms with E-state index in [1.165, 1.54) is 0 Å². The summed E-state index contributed by atoms with van der Waals surface area (Å²) in [5, 5.41) is 0. The van der Waals surface area contributed by atoms with Crippen molar-refractivity contribution in [1.82, 2.24) is 14.5 Å². The third-order valence-corrected chi connectivity index (χ3v) is 4.40. The van der Waals surface area contributed by atoms with Gasteiger partial charge in [0.2, 0.25) is 0 Å². The minimum atomic E-state index is -0.116. The number of H-pyrrole nitrogens is 1. The summed E-state index contributed by atoms with van der Waals surface area (Å²) in [7, 11) is 1.92. The van der Waals surface area contributed by atoms with Gasteiger partial charge in [-0.3, -0.25) is 4.79 Å². The van der Waals surface area contributed by atoms with Crippen molar-refractivity contribution in [2.24, 2.45) is 7.05 Å². The molecule has 1 aromatic carbocycles. The maximum absolute atomic E-state index is 12.7. The zero-order valence-electron chi connectivity index (χ0n) is 14.6. The predicted molar refractivity (Wildman–Crippen MR) is 96.7 cm³/mol. The fourth-order valence-corrected chi connectivity index (χ4v) is 3.15. The molecular weight excluding hydrogens is 302 g/mol. The first kappa shape index (κ1) is 16.3. The number of aromatic nitrogens is 3. The van der Waals surface area contributed by atoms with Gasteiger partial charge < -0.3 is 14.3 Å². The molecule has 0 radical (unpaired) electrons. The van der Waals surface area contributed by atoms with Crippen LogP contribution in [-0.2, 0) is 13.5 Å². The van der Waals surface area contributed by atoms with Crippen LogP contribution in [0.5, 0.6) is 5.75 Å². The van der Waals surface area contributed by atoms with E-state index >= 15 is 0 Å². The lowest BCUT2D eigenvalue weighted by atomic mass is 10.1. The Bertz CT molecular complexity index is 938. The highest BCUT2D eigenvalue weighted by molar-refractivity contribution is 5.83. The van der Waals surface area contributed by atoms with Crippen LogP contribution in [0.15, 0.2) is 29.1 Å². The molecule has 5 heteroatoms. The van der Waals surface area contributed by atoms with Gasteiger partial charge in [-0.15, -0.1) is 0 Å². The van der Waals surface area contributed by atoms with Crippen LogP contribution < -0.4 is 10.3 Å². The summed E-state index contributed by atoms with van der Waals surface area (Å²) >= 11 is 0. The number of nitrogens with one attached hydrogen (secondary N) is 1. The molecule has 0 unspecified atom stereocenters. The zero-order chi connectivity index (χ0) is 17.3. The molecule has 2 aromatic heterocycles. The quantitative estimate of drug-likeness (QED) is 0.780. The van der Waals surface area contributed by atoms with Crippen molar-refractivity contribution in [3.63, 3.8) is 0 Å². The number of hydrogen-bond donors (Lipinski definition) is 1. The third-order valence-electron chi connectivity index (χ3n) is 4.40. The minimum Gasteiger partial charge on any atom is -0.493 e. The molecule has 2 heterocycles. The Morgan fingerprint density at radius 3 is 2.71 bits per heavy atom. The SMILES string of the molecule is CCCc1c(C)n(C)c2c(=O)[nH]c(-c3ccccc3OCC)nc12. The topological polar surface area (TPSA) is 59.9 Å². The van der Waals surface area contributed by atoms with E-state index in [4.69, 9.17) is 9.72 Å². The van der Waals surface area contributed by atoms with E-state index in [0.29, 0.717) is 17.9 Å². The Labute approximate surface area is 141 Å². The number of hydrogen-bond acceptors (Lipinski definition) is 3. The fourth-order valence-electron chi connectivity index (χ4n) is 3.15. The molecule has 0 saturated carbocycles. The third kappa shape index (κ3) is 2.60. The number of para-hydroxylation sites is 1.